The van der Waals surface area contributed by atoms with Crippen LogP contribution < -0.4 is 11.0 Å². The topological polar surface area (TPSA) is 79.2 Å². The molecule has 6 heteroatoms. The van der Waals surface area contributed by atoms with Crippen LogP contribution in [0.25, 0.3) is 10.9 Å². The molecule has 0 saturated heterocycles. The first-order chi connectivity index (χ1) is 11.1. The van der Waals surface area contributed by atoms with Gasteiger partial charge in [-0.25, -0.2) is 5.43 Å². The van der Waals surface area contributed by atoms with Gasteiger partial charge in [0.1, 0.15) is 6.54 Å². The number of hydrogen-bond acceptors (Lipinski definition) is 3. The van der Waals surface area contributed by atoms with E-state index in [1.807, 2.05) is 31.2 Å². The minimum absolute atomic E-state index is 0.0656. The molecule has 6 nitrogen and oxygen atoms in total. The summed E-state index contributed by atoms with van der Waals surface area (Å²) in [5.41, 5.74) is 5.15. The molecule has 2 N–H and O–H groups in total. The van der Waals surface area contributed by atoms with Crippen LogP contribution in [0.15, 0.2) is 58.6 Å². The molecule has 23 heavy (non-hydrogen) atoms. The van der Waals surface area contributed by atoms with Crippen molar-refractivity contribution in [2.24, 2.45) is 5.10 Å². The number of carbonyl (C=O) groups is 1. The lowest BCUT2D eigenvalue weighted by molar-refractivity contribution is -0.121. The minimum atomic E-state index is -0.355. The molecule has 0 fully saturated rings. The van der Waals surface area contributed by atoms with Crippen LogP contribution in [0.4, 0.5) is 0 Å². The Balaban J connectivity index is 1.71. The fourth-order valence-corrected chi connectivity index (χ4v) is 2.41. The number of aromatic nitrogens is 2. The van der Waals surface area contributed by atoms with E-state index in [-0.39, 0.29) is 18.0 Å². The van der Waals surface area contributed by atoms with E-state index < -0.39 is 0 Å². The Hall–Kier alpha value is -3.15. The van der Waals surface area contributed by atoms with E-state index in [0.717, 1.165) is 22.2 Å². The molecule has 2 heterocycles. The van der Waals surface area contributed by atoms with Crippen molar-refractivity contribution in [1.29, 1.82) is 0 Å². The molecule has 116 valence electrons. The molecule has 3 rings (SSSR count). The molecule has 0 spiro atoms. The number of hydrogen-bond donors (Lipinski definition) is 2. The first-order valence-electron chi connectivity index (χ1n) is 7.20. The summed E-state index contributed by atoms with van der Waals surface area (Å²) >= 11 is 0. The summed E-state index contributed by atoms with van der Waals surface area (Å²) in [6.07, 6.45) is 3.18. The number of benzene rings is 1. The zero-order valence-electron chi connectivity index (χ0n) is 12.6. The molecule has 0 aliphatic heterocycles. The smallest absolute Gasteiger partial charge is 0.260 e. The molecule has 0 bridgehead atoms. The predicted octanol–water partition coefficient (Wildman–Crippen LogP) is 1.79. The fourth-order valence-electron chi connectivity index (χ4n) is 2.41. The maximum absolute atomic E-state index is 11.8. The van der Waals surface area contributed by atoms with Gasteiger partial charge >= 0.3 is 0 Å². The first-order valence-corrected chi connectivity index (χ1v) is 7.20. The lowest BCUT2D eigenvalue weighted by Crippen LogP contribution is -2.29. The number of para-hydroxylation sites is 1. The highest BCUT2D eigenvalue weighted by Crippen LogP contribution is 2.19. The maximum Gasteiger partial charge on any atom is 0.260 e. The number of rotatable bonds is 4. The molecule has 0 aliphatic carbocycles. The zero-order valence-corrected chi connectivity index (χ0v) is 12.6. The molecule has 0 saturated carbocycles. The van der Waals surface area contributed by atoms with E-state index in [9.17, 15) is 9.59 Å². The number of aryl methyl sites for hydroxylation is 1. The lowest BCUT2D eigenvalue weighted by atomic mass is 10.1. The Bertz CT molecular complexity index is 937. The van der Waals surface area contributed by atoms with Gasteiger partial charge in [-0.15, -0.1) is 0 Å². The van der Waals surface area contributed by atoms with Crippen LogP contribution in [0.5, 0.6) is 0 Å². The number of pyridine rings is 1. The van der Waals surface area contributed by atoms with Crippen molar-refractivity contribution in [3.63, 3.8) is 0 Å². The van der Waals surface area contributed by atoms with Crippen molar-refractivity contribution in [3.05, 3.63) is 70.3 Å². The van der Waals surface area contributed by atoms with Gasteiger partial charge in [0.15, 0.2) is 0 Å². The number of nitrogens with one attached hydrogen (secondary N) is 2. The predicted molar refractivity (Wildman–Crippen MR) is 89.5 cm³/mol. The van der Waals surface area contributed by atoms with E-state index in [0.29, 0.717) is 0 Å². The monoisotopic (exact) mass is 308 g/mol. The third-order valence-electron chi connectivity index (χ3n) is 3.54. The summed E-state index contributed by atoms with van der Waals surface area (Å²) in [6.45, 7) is 1.89. The highest BCUT2D eigenvalue weighted by molar-refractivity contribution is 6.00. The Labute approximate surface area is 132 Å². The molecule has 3 aromatic rings. The van der Waals surface area contributed by atoms with E-state index in [1.165, 1.54) is 10.6 Å². The number of carbonyl (C=O) groups excluding carboxylic acids is 1. The number of nitrogens with zero attached hydrogens (tertiary/aromatic N) is 2. The number of H-pyrrole nitrogens is 1. The molecular weight excluding hydrogens is 292 g/mol. The largest absolute Gasteiger partial charge is 0.358 e. The summed E-state index contributed by atoms with van der Waals surface area (Å²) in [4.78, 5) is 26.7. The van der Waals surface area contributed by atoms with E-state index in [1.54, 1.807) is 24.5 Å². The van der Waals surface area contributed by atoms with Crippen molar-refractivity contribution in [3.8, 4) is 0 Å². The summed E-state index contributed by atoms with van der Waals surface area (Å²) < 4.78 is 1.32. The second kappa shape index (κ2) is 6.31. The third kappa shape index (κ3) is 3.21. The minimum Gasteiger partial charge on any atom is -0.358 e. The summed E-state index contributed by atoms with van der Waals surface area (Å²) in [5, 5.41) is 5.03. The van der Waals surface area contributed by atoms with Crippen molar-refractivity contribution in [1.82, 2.24) is 15.0 Å². The van der Waals surface area contributed by atoms with Crippen molar-refractivity contribution in [2.75, 3.05) is 0 Å². The van der Waals surface area contributed by atoms with Gasteiger partial charge < -0.3 is 9.55 Å². The fraction of sp³-hybridized carbons (Fsp3) is 0.118. The second-order valence-electron chi connectivity index (χ2n) is 5.17. The van der Waals surface area contributed by atoms with Gasteiger partial charge in [-0.3, -0.25) is 9.59 Å². The SMILES string of the molecule is Cc1[nH]c2ccccc2c1/C=N/NC(=O)Cn1ccccc1=O. The van der Waals surface area contributed by atoms with Crippen LogP contribution in [0.3, 0.4) is 0 Å². The van der Waals surface area contributed by atoms with Gasteiger partial charge in [-0.1, -0.05) is 24.3 Å². The van der Waals surface area contributed by atoms with Crippen LogP contribution >= 0.6 is 0 Å². The first kappa shape index (κ1) is 14.8. The van der Waals surface area contributed by atoms with Crippen LogP contribution in [-0.4, -0.2) is 21.7 Å². The van der Waals surface area contributed by atoms with E-state index >= 15 is 0 Å². The van der Waals surface area contributed by atoms with Gasteiger partial charge in [0.25, 0.3) is 11.5 Å². The van der Waals surface area contributed by atoms with Gasteiger partial charge in [0.2, 0.25) is 0 Å². The normalized spacial score (nSPS) is 11.2. The Morgan fingerprint density at radius 1 is 1.26 bits per heavy atom. The zero-order chi connectivity index (χ0) is 16.2. The van der Waals surface area contributed by atoms with Gasteiger partial charge in [-0.05, 0) is 19.1 Å². The number of aromatic amines is 1. The average molecular weight is 308 g/mol. The molecule has 0 radical (unpaired) electrons. The Kier molecular flexibility index (Phi) is 4.05. The van der Waals surface area contributed by atoms with E-state index in [4.69, 9.17) is 0 Å². The van der Waals surface area contributed by atoms with Crippen molar-refractivity contribution < 1.29 is 4.79 Å². The molecule has 1 aromatic carbocycles. The molecule has 1 amide bonds. The highest BCUT2D eigenvalue weighted by Gasteiger charge is 2.06. The molecule has 0 unspecified atom stereocenters. The van der Waals surface area contributed by atoms with Gasteiger partial charge in [-0.2, -0.15) is 5.10 Å². The van der Waals surface area contributed by atoms with E-state index in [2.05, 4.69) is 15.5 Å². The number of hydrazone groups is 1. The summed E-state index contributed by atoms with van der Waals surface area (Å²) in [7, 11) is 0. The Morgan fingerprint density at radius 2 is 2.04 bits per heavy atom. The highest BCUT2D eigenvalue weighted by atomic mass is 16.2. The van der Waals surface area contributed by atoms with Crippen molar-refractivity contribution >= 4 is 23.0 Å². The standard InChI is InChI=1S/C17H16N4O2/c1-12-14(13-6-2-3-7-15(13)19-12)10-18-20-16(22)11-21-9-5-4-8-17(21)23/h2-10,19H,11H2,1H3,(H,20,22)/b18-10+. The van der Waals surface area contributed by atoms with Crippen LogP contribution in [0, 0.1) is 6.92 Å². The van der Waals surface area contributed by atoms with Crippen molar-refractivity contribution in [2.45, 2.75) is 13.5 Å². The number of fused-ring (bicyclic) bond motifs is 1. The number of amides is 1. The van der Waals surface area contributed by atoms with Gasteiger partial charge in [0.05, 0.1) is 6.21 Å². The van der Waals surface area contributed by atoms with Crippen LogP contribution in [0.2, 0.25) is 0 Å². The van der Waals surface area contributed by atoms with Gasteiger partial charge in [0, 0.05) is 34.4 Å². The quantitative estimate of drug-likeness (QED) is 0.569. The third-order valence-corrected chi connectivity index (χ3v) is 3.54. The molecule has 0 aliphatic rings. The van der Waals surface area contributed by atoms with Crippen LogP contribution in [-0.2, 0) is 11.3 Å². The molecule has 0 atom stereocenters. The second-order valence-corrected chi connectivity index (χ2v) is 5.17. The average Bonchev–Trinajstić information content (AvgIpc) is 2.86. The summed E-state index contributed by atoms with van der Waals surface area (Å²) in [5.74, 6) is -0.355. The lowest BCUT2D eigenvalue weighted by Gasteiger charge is -2.03. The molecule has 2 aromatic heterocycles. The summed E-state index contributed by atoms with van der Waals surface area (Å²) in [6, 6.07) is 12.6. The maximum atomic E-state index is 11.8. The molecular formula is C17H16N4O2. The Morgan fingerprint density at radius 3 is 2.87 bits per heavy atom. The van der Waals surface area contributed by atoms with Crippen LogP contribution in [0.1, 0.15) is 11.3 Å².